The first-order valence-corrected chi connectivity index (χ1v) is 6.85. The molecule has 2 unspecified atom stereocenters. The quantitative estimate of drug-likeness (QED) is 0.525. The Morgan fingerprint density at radius 2 is 2.14 bits per heavy atom. The molecule has 74 valence electrons. The zero-order valence-corrected chi connectivity index (χ0v) is 9.30. The molecule has 0 amide bonds. The van der Waals surface area contributed by atoms with Crippen LogP contribution in [-0.2, 0) is 16.6 Å². The molecule has 0 N–H and O–H groups in total. The lowest BCUT2D eigenvalue weighted by Crippen LogP contribution is -2.16. The molecular weight excluding hydrogens is 188 g/mol. The van der Waals surface area contributed by atoms with E-state index in [0.717, 1.165) is 5.25 Å². The van der Waals surface area contributed by atoms with Crippen molar-refractivity contribution in [3.05, 3.63) is 48.6 Å². The van der Waals surface area contributed by atoms with Gasteiger partial charge in [-0.25, -0.2) is 0 Å². The number of rotatable bonds is 3. The van der Waals surface area contributed by atoms with Crippen molar-refractivity contribution in [2.75, 3.05) is 5.75 Å². The molecule has 1 aliphatic heterocycles. The van der Waals surface area contributed by atoms with Gasteiger partial charge in [-0.3, -0.25) is 0 Å². The number of hydrogen-bond donors (Lipinski definition) is 0. The predicted octanol–water partition coefficient (Wildman–Crippen LogP) is 3.15. The summed E-state index contributed by atoms with van der Waals surface area (Å²) >= 11 is 0. The lowest BCUT2D eigenvalue weighted by atomic mass is 10.2. The van der Waals surface area contributed by atoms with Gasteiger partial charge in [0.2, 0.25) is 0 Å². The van der Waals surface area contributed by atoms with E-state index in [9.17, 15) is 0 Å². The van der Waals surface area contributed by atoms with Gasteiger partial charge in [-0.2, -0.15) is 0 Å². The van der Waals surface area contributed by atoms with Gasteiger partial charge in [0.25, 0.3) is 0 Å². The van der Waals surface area contributed by atoms with E-state index in [4.69, 9.17) is 0 Å². The molecule has 0 radical (unpaired) electrons. The van der Waals surface area contributed by atoms with Crippen LogP contribution in [-0.4, -0.2) is 11.0 Å². The molecule has 2 atom stereocenters. The van der Waals surface area contributed by atoms with Crippen molar-refractivity contribution in [2.24, 2.45) is 0 Å². The number of hydrogen-bond acceptors (Lipinski definition) is 0. The first kappa shape index (κ1) is 9.85. The van der Waals surface area contributed by atoms with Gasteiger partial charge in [0, 0.05) is 12.0 Å². The van der Waals surface area contributed by atoms with Crippen LogP contribution < -0.4 is 0 Å². The summed E-state index contributed by atoms with van der Waals surface area (Å²) in [6.07, 6.45) is 4.92. The van der Waals surface area contributed by atoms with Crippen LogP contribution in [0.3, 0.4) is 0 Å². The van der Waals surface area contributed by atoms with Crippen molar-refractivity contribution in [2.45, 2.75) is 23.8 Å². The summed E-state index contributed by atoms with van der Waals surface area (Å²) in [5.41, 5.74) is 1.49. The van der Waals surface area contributed by atoms with Gasteiger partial charge in [0.05, 0.1) is 0 Å². The highest BCUT2D eigenvalue weighted by Gasteiger charge is 2.33. The molecule has 1 aliphatic rings. The first-order valence-electron chi connectivity index (χ1n) is 5.23. The molecule has 1 fully saturated rings. The molecule has 0 nitrogen and oxygen atoms in total. The summed E-state index contributed by atoms with van der Waals surface area (Å²) in [5, 5.41) is 0.787. The minimum absolute atomic E-state index is 0.566. The molecule has 0 spiro atoms. The Morgan fingerprint density at radius 3 is 2.86 bits per heavy atom. The van der Waals surface area contributed by atoms with E-state index in [0.29, 0.717) is 10.9 Å². The van der Waals surface area contributed by atoms with Gasteiger partial charge in [-0.1, -0.05) is 36.9 Å². The second kappa shape index (κ2) is 4.70. The van der Waals surface area contributed by atoms with Gasteiger partial charge in [-0.15, -0.1) is 0 Å². The maximum absolute atomic E-state index is 3.94. The van der Waals surface area contributed by atoms with Gasteiger partial charge in [0.1, 0.15) is 16.8 Å². The highest BCUT2D eigenvalue weighted by Crippen LogP contribution is 2.26. The molecule has 0 aliphatic carbocycles. The van der Waals surface area contributed by atoms with Gasteiger partial charge < -0.3 is 0 Å². The topological polar surface area (TPSA) is 0 Å². The van der Waals surface area contributed by atoms with E-state index in [-0.39, 0.29) is 0 Å². The molecule has 1 saturated heterocycles. The maximum atomic E-state index is 3.94. The minimum Gasteiger partial charge on any atom is -0.0982 e. The fourth-order valence-electron chi connectivity index (χ4n) is 2.01. The molecule has 1 heterocycles. The fraction of sp³-hybridized carbons (Fsp3) is 0.385. The van der Waals surface area contributed by atoms with Crippen LogP contribution >= 0.6 is 0 Å². The van der Waals surface area contributed by atoms with Crippen molar-refractivity contribution >= 4 is 10.9 Å². The zero-order valence-electron chi connectivity index (χ0n) is 8.49. The van der Waals surface area contributed by atoms with E-state index in [2.05, 4.69) is 43.0 Å². The summed E-state index contributed by atoms with van der Waals surface area (Å²) in [6.45, 7) is 3.94. The Labute approximate surface area is 89.4 Å². The predicted molar refractivity (Wildman–Crippen MR) is 65.6 cm³/mol. The lowest BCUT2D eigenvalue weighted by molar-refractivity contribution is 0.881. The lowest BCUT2D eigenvalue weighted by Gasteiger charge is -2.06. The molecule has 0 bridgehead atoms. The molecule has 14 heavy (non-hydrogen) atoms. The molecule has 1 aromatic carbocycles. The highest BCUT2D eigenvalue weighted by molar-refractivity contribution is 7.97. The van der Waals surface area contributed by atoms with Crippen LogP contribution in [0.5, 0.6) is 0 Å². The Kier molecular flexibility index (Phi) is 3.30. The SMILES string of the molecule is C=CC1CCC[S+]1Cc1ccccc1. The second-order valence-corrected chi connectivity index (χ2v) is 6.17. The molecule has 1 heteroatoms. The normalized spacial score (nSPS) is 26.3. The molecule has 1 aromatic rings. The van der Waals surface area contributed by atoms with E-state index < -0.39 is 0 Å². The number of benzene rings is 1. The van der Waals surface area contributed by atoms with Gasteiger partial charge in [0.15, 0.2) is 0 Å². The van der Waals surface area contributed by atoms with Crippen molar-refractivity contribution in [3.8, 4) is 0 Å². The second-order valence-electron chi connectivity index (χ2n) is 3.79. The maximum Gasteiger partial charge on any atom is 0.136 e. The third-order valence-electron chi connectivity index (χ3n) is 2.78. The van der Waals surface area contributed by atoms with Crippen molar-refractivity contribution in [1.82, 2.24) is 0 Å². The van der Waals surface area contributed by atoms with Crippen molar-refractivity contribution < 1.29 is 0 Å². The third kappa shape index (κ3) is 2.21. The van der Waals surface area contributed by atoms with Crippen molar-refractivity contribution in [3.63, 3.8) is 0 Å². The van der Waals surface area contributed by atoms with Crippen LogP contribution in [0.15, 0.2) is 43.0 Å². The Hall–Kier alpha value is -0.690. The standard InChI is InChI=1S/C13H17S/c1-2-13-9-6-10-14(13)11-12-7-4-3-5-8-12/h2-5,7-8,13H,1,6,9-11H2/q+1. The summed E-state index contributed by atoms with van der Waals surface area (Å²) in [4.78, 5) is 0. The zero-order chi connectivity index (χ0) is 9.80. The van der Waals surface area contributed by atoms with Gasteiger partial charge in [-0.05, 0) is 23.4 Å². The van der Waals surface area contributed by atoms with Crippen LogP contribution in [0, 0.1) is 0 Å². The Bertz CT molecular complexity index is 291. The van der Waals surface area contributed by atoms with E-state index in [1.165, 1.54) is 29.9 Å². The van der Waals surface area contributed by atoms with E-state index in [1.54, 1.807) is 0 Å². The molecule has 0 aromatic heterocycles. The highest BCUT2D eigenvalue weighted by atomic mass is 32.2. The average molecular weight is 205 g/mol. The summed E-state index contributed by atoms with van der Waals surface area (Å²) in [5.74, 6) is 2.67. The van der Waals surface area contributed by atoms with Crippen LogP contribution in [0.1, 0.15) is 18.4 Å². The van der Waals surface area contributed by atoms with E-state index >= 15 is 0 Å². The average Bonchev–Trinajstić information content (AvgIpc) is 2.67. The third-order valence-corrected chi connectivity index (χ3v) is 5.58. The minimum atomic E-state index is 0.566. The summed E-state index contributed by atoms with van der Waals surface area (Å²) < 4.78 is 0. The van der Waals surface area contributed by atoms with Crippen LogP contribution in [0.25, 0.3) is 0 Å². The molecule has 2 rings (SSSR count). The smallest absolute Gasteiger partial charge is 0.0982 e. The largest absolute Gasteiger partial charge is 0.136 e. The van der Waals surface area contributed by atoms with E-state index in [1.807, 2.05) is 0 Å². The Balaban J connectivity index is 2.00. The van der Waals surface area contributed by atoms with Crippen LogP contribution in [0.2, 0.25) is 0 Å². The molecule has 0 saturated carbocycles. The van der Waals surface area contributed by atoms with Crippen LogP contribution in [0.4, 0.5) is 0 Å². The first-order chi connectivity index (χ1) is 6.90. The van der Waals surface area contributed by atoms with Gasteiger partial charge >= 0.3 is 0 Å². The summed E-state index contributed by atoms with van der Waals surface area (Å²) in [6, 6.07) is 10.8. The summed E-state index contributed by atoms with van der Waals surface area (Å²) in [7, 11) is 0.566. The monoisotopic (exact) mass is 205 g/mol. The Morgan fingerprint density at radius 1 is 1.36 bits per heavy atom. The van der Waals surface area contributed by atoms with Crippen molar-refractivity contribution in [1.29, 1.82) is 0 Å². The molecular formula is C13H17S+. The fourth-order valence-corrected chi connectivity index (χ4v) is 4.60.